The molecule has 0 unspecified atom stereocenters. The summed E-state index contributed by atoms with van der Waals surface area (Å²) < 4.78 is 6.74. The molecule has 3 rings (SSSR count). The molecule has 0 saturated carbocycles. The number of rotatable bonds is 5. The van der Waals surface area contributed by atoms with E-state index in [0.717, 1.165) is 0 Å². The zero-order valence-electron chi connectivity index (χ0n) is 12.8. The van der Waals surface area contributed by atoms with Crippen LogP contribution in [0.1, 0.15) is 10.5 Å². The van der Waals surface area contributed by atoms with Crippen LogP contribution in [0.2, 0.25) is 5.02 Å². The van der Waals surface area contributed by atoms with Crippen LogP contribution in [0.15, 0.2) is 47.3 Å². The highest BCUT2D eigenvalue weighted by molar-refractivity contribution is 6.30. The third kappa shape index (κ3) is 3.19. The molecule has 0 saturated heterocycles. The maximum atomic E-state index is 12.6. The van der Waals surface area contributed by atoms with Crippen LogP contribution < -0.4 is 10.2 Å². The van der Waals surface area contributed by atoms with Crippen molar-refractivity contribution in [3.05, 3.63) is 63.4 Å². The average molecular weight is 361 g/mol. The highest BCUT2D eigenvalue weighted by Crippen LogP contribution is 2.25. The van der Waals surface area contributed by atoms with Crippen LogP contribution in [-0.4, -0.2) is 39.2 Å². The van der Waals surface area contributed by atoms with Gasteiger partial charge >= 0.3 is 5.97 Å². The Kier molecular flexibility index (Phi) is 4.69. The SMILES string of the molecule is O=C(O)c1nn(-c2ccc(Cl)cc2)c2cccc(OCCO)c2c1=O. The second-order valence-electron chi connectivity index (χ2n) is 5.09. The lowest BCUT2D eigenvalue weighted by Crippen LogP contribution is -2.23. The predicted molar refractivity (Wildman–Crippen MR) is 91.9 cm³/mol. The van der Waals surface area contributed by atoms with Crippen molar-refractivity contribution in [3.63, 3.8) is 0 Å². The third-order valence-corrected chi connectivity index (χ3v) is 3.75. The smallest absolute Gasteiger partial charge is 0.360 e. The largest absolute Gasteiger partial charge is 0.490 e. The highest BCUT2D eigenvalue weighted by atomic mass is 35.5. The summed E-state index contributed by atoms with van der Waals surface area (Å²) >= 11 is 5.89. The summed E-state index contributed by atoms with van der Waals surface area (Å²) in [6, 6.07) is 11.4. The third-order valence-electron chi connectivity index (χ3n) is 3.50. The number of aromatic carboxylic acids is 1. The lowest BCUT2D eigenvalue weighted by atomic mass is 10.1. The van der Waals surface area contributed by atoms with Crippen LogP contribution in [0, 0.1) is 0 Å². The molecule has 1 aromatic heterocycles. The van der Waals surface area contributed by atoms with Gasteiger partial charge in [0.05, 0.1) is 23.2 Å². The van der Waals surface area contributed by atoms with E-state index in [2.05, 4.69) is 5.10 Å². The molecular weight excluding hydrogens is 348 g/mol. The molecule has 7 nitrogen and oxygen atoms in total. The summed E-state index contributed by atoms with van der Waals surface area (Å²) in [6.45, 7) is -0.261. The lowest BCUT2D eigenvalue weighted by Gasteiger charge is -2.13. The van der Waals surface area contributed by atoms with E-state index in [4.69, 9.17) is 21.4 Å². The first-order chi connectivity index (χ1) is 12.0. The topological polar surface area (TPSA) is 102 Å². The quantitative estimate of drug-likeness (QED) is 0.722. The molecule has 0 aliphatic rings. The highest BCUT2D eigenvalue weighted by Gasteiger charge is 2.20. The van der Waals surface area contributed by atoms with Gasteiger partial charge in [-0.15, -0.1) is 0 Å². The van der Waals surface area contributed by atoms with E-state index in [1.807, 2.05) is 0 Å². The molecule has 0 bridgehead atoms. The van der Waals surface area contributed by atoms with E-state index in [0.29, 0.717) is 16.2 Å². The van der Waals surface area contributed by atoms with Gasteiger partial charge in [0.25, 0.3) is 0 Å². The van der Waals surface area contributed by atoms with Gasteiger partial charge in [-0.25, -0.2) is 9.48 Å². The Hall–Kier alpha value is -2.90. The van der Waals surface area contributed by atoms with Crippen LogP contribution in [-0.2, 0) is 0 Å². The number of hydrogen-bond acceptors (Lipinski definition) is 5. The van der Waals surface area contributed by atoms with E-state index < -0.39 is 17.1 Å². The number of aromatic nitrogens is 2. The number of benzene rings is 2. The number of carbonyl (C=O) groups is 1. The normalized spacial score (nSPS) is 10.8. The van der Waals surface area contributed by atoms with Crippen LogP contribution in [0.25, 0.3) is 16.6 Å². The Balaban J connectivity index is 2.37. The molecule has 0 radical (unpaired) electrons. The minimum atomic E-state index is -1.44. The number of nitrogens with zero attached hydrogens (tertiary/aromatic N) is 2. The molecule has 0 fully saturated rings. The summed E-state index contributed by atoms with van der Waals surface area (Å²) in [5.41, 5.74) is -0.451. The molecule has 1 heterocycles. The fourth-order valence-electron chi connectivity index (χ4n) is 2.44. The zero-order valence-corrected chi connectivity index (χ0v) is 13.6. The molecule has 0 aliphatic carbocycles. The second kappa shape index (κ2) is 6.92. The second-order valence-corrected chi connectivity index (χ2v) is 5.53. The molecule has 0 aliphatic heterocycles. The van der Waals surface area contributed by atoms with Crippen molar-refractivity contribution < 1.29 is 19.7 Å². The Bertz CT molecular complexity index is 998. The first-order valence-corrected chi connectivity index (χ1v) is 7.69. The van der Waals surface area contributed by atoms with E-state index in [1.54, 1.807) is 36.4 Å². The number of aliphatic hydroxyl groups excluding tert-OH is 1. The number of carboxylic acid groups (broad SMARTS) is 1. The van der Waals surface area contributed by atoms with Gasteiger partial charge in [0, 0.05) is 5.02 Å². The van der Waals surface area contributed by atoms with Gasteiger partial charge in [0.2, 0.25) is 11.1 Å². The van der Waals surface area contributed by atoms with E-state index >= 15 is 0 Å². The summed E-state index contributed by atoms with van der Waals surface area (Å²) in [5.74, 6) is -1.25. The van der Waals surface area contributed by atoms with Crippen LogP contribution in [0.3, 0.4) is 0 Å². The molecule has 128 valence electrons. The minimum Gasteiger partial charge on any atom is -0.490 e. The van der Waals surface area contributed by atoms with Crippen molar-refractivity contribution in [2.24, 2.45) is 0 Å². The van der Waals surface area contributed by atoms with Gasteiger partial charge in [-0.3, -0.25) is 4.79 Å². The summed E-state index contributed by atoms with van der Waals surface area (Å²) in [6.07, 6.45) is 0. The fourth-order valence-corrected chi connectivity index (χ4v) is 2.56. The van der Waals surface area contributed by atoms with Crippen molar-refractivity contribution >= 4 is 28.5 Å². The van der Waals surface area contributed by atoms with Crippen molar-refractivity contribution in [1.82, 2.24) is 9.78 Å². The molecule has 8 heteroatoms. The molecule has 0 atom stereocenters. The Morgan fingerprint density at radius 2 is 1.92 bits per heavy atom. The predicted octanol–water partition coefficient (Wildman–Crippen LogP) is 2.11. The van der Waals surface area contributed by atoms with Crippen molar-refractivity contribution in [3.8, 4) is 11.4 Å². The standard InChI is InChI=1S/C17H13ClN2O5/c18-10-4-6-11(7-5-10)20-12-2-1-3-13(25-9-8-21)14(12)16(22)15(19-20)17(23)24/h1-7,21H,8-9H2,(H,23,24). The molecule has 0 amide bonds. The van der Waals surface area contributed by atoms with Crippen molar-refractivity contribution in [2.45, 2.75) is 0 Å². The lowest BCUT2D eigenvalue weighted by molar-refractivity contribution is 0.0687. The molecule has 2 aromatic carbocycles. The summed E-state index contributed by atoms with van der Waals surface area (Å²) in [5, 5.41) is 22.8. The number of ether oxygens (including phenoxy) is 1. The van der Waals surface area contributed by atoms with E-state index in [1.165, 1.54) is 10.7 Å². The first kappa shape index (κ1) is 16.9. The average Bonchev–Trinajstić information content (AvgIpc) is 2.61. The van der Waals surface area contributed by atoms with Gasteiger partial charge < -0.3 is 14.9 Å². The Labute approximate surface area is 146 Å². The zero-order chi connectivity index (χ0) is 18.0. The molecular formula is C17H13ClN2O5. The van der Waals surface area contributed by atoms with Gasteiger partial charge in [0.15, 0.2) is 0 Å². The van der Waals surface area contributed by atoms with Gasteiger partial charge in [-0.05, 0) is 36.4 Å². The summed E-state index contributed by atoms with van der Waals surface area (Å²) in [7, 11) is 0. The van der Waals surface area contributed by atoms with Crippen molar-refractivity contribution in [2.75, 3.05) is 13.2 Å². The summed E-state index contributed by atoms with van der Waals surface area (Å²) in [4.78, 5) is 24.0. The first-order valence-electron chi connectivity index (χ1n) is 7.32. The number of fused-ring (bicyclic) bond motifs is 1. The maximum absolute atomic E-state index is 12.6. The van der Waals surface area contributed by atoms with Gasteiger partial charge in [0.1, 0.15) is 12.4 Å². The monoisotopic (exact) mass is 360 g/mol. The number of carboxylic acids is 1. The number of hydrogen-bond donors (Lipinski definition) is 2. The van der Waals surface area contributed by atoms with Crippen molar-refractivity contribution in [1.29, 1.82) is 0 Å². The van der Waals surface area contributed by atoms with E-state index in [-0.39, 0.29) is 24.3 Å². The molecule has 25 heavy (non-hydrogen) atoms. The molecule has 3 aromatic rings. The van der Waals surface area contributed by atoms with Crippen LogP contribution in [0.4, 0.5) is 0 Å². The van der Waals surface area contributed by atoms with Gasteiger partial charge in [-0.2, -0.15) is 5.10 Å². The molecule has 2 N–H and O–H groups in total. The van der Waals surface area contributed by atoms with E-state index in [9.17, 15) is 14.7 Å². The number of halogens is 1. The van der Waals surface area contributed by atoms with Gasteiger partial charge in [-0.1, -0.05) is 17.7 Å². The maximum Gasteiger partial charge on any atom is 0.360 e. The molecule has 0 spiro atoms. The number of aliphatic hydroxyl groups is 1. The Morgan fingerprint density at radius 3 is 2.56 bits per heavy atom. The minimum absolute atomic E-state index is 0.0236. The fraction of sp³-hybridized carbons (Fsp3) is 0.118. The van der Waals surface area contributed by atoms with Crippen LogP contribution in [0.5, 0.6) is 5.75 Å². The Morgan fingerprint density at radius 1 is 1.20 bits per heavy atom. The van der Waals surface area contributed by atoms with Crippen LogP contribution >= 0.6 is 11.6 Å².